The lowest BCUT2D eigenvalue weighted by Gasteiger charge is -2.10. The van der Waals surface area contributed by atoms with Gasteiger partial charge in [-0.1, -0.05) is 0 Å². The van der Waals surface area contributed by atoms with Crippen LogP contribution in [0.25, 0.3) is 0 Å². The van der Waals surface area contributed by atoms with Crippen LogP contribution in [0, 0.1) is 0 Å². The molecule has 0 saturated carbocycles. The highest BCUT2D eigenvalue weighted by molar-refractivity contribution is 4.87. The molecule has 0 aromatic heterocycles. The van der Waals surface area contributed by atoms with Gasteiger partial charge in [-0.15, -0.1) is 0 Å². The highest BCUT2D eigenvalue weighted by atomic mass is 16.5. The average molecular weight is 148 g/mol. The molecule has 1 fully saturated rings. The zero-order valence-corrected chi connectivity index (χ0v) is 5.77. The standard InChI is InChI=1S/C6H12O4/c1-3-5(8)6(9)4(2-7)10-3/h3-9H,2H2,1H3/t3-,4-,5?,6?/m0/s1. The molecule has 0 aliphatic carbocycles. The van der Waals surface area contributed by atoms with E-state index in [-0.39, 0.29) is 12.7 Å². The minimum atomic E-state index is -0.944. The molecule has 60 valence electrons. The number of aliphatic hydroxyl groups is 3. The molecule has 1 heterocycles. The van der Waals surface area contributed by atoms with Gasteiger partial charge in [-0.2, -0.15) is 0 Å². The molecule has 4 atom stereocenters. The molecule has 1 rings (SSSR count). The first kappa shape index (κ1) is 7.94. The molecule has 1 aliphatic heterocycles. The summed E-state index contributed by atoms with van der Waals surface area (Å²) >= 11 is 0. The van der Waals surface area contributed by atoms with Gasteiger partial charge in [0.05, 0.1) is 12.7 Å². The van der Waals surface area contributed by atoms with Crippen LogP contribution in [0.2, 0.25) is 0 Å². The molecule has 10 heavy (non-hydrogen) atoms. The first-order valence-corrected chi connectivity index (χ1v) is 3.29. The fraction of sp³-hybridized carbons (Fsp3) is 1.00. The van der Waals surface area contributed by atoms with Gasteiger partial charge in [0.1, 0.15) is 18.3 Å². The largest absolute Gasteiger partial charge is 0.394 e. The quantitative estimate of drug-likeness (QED) is 0.422. The van der Waals surface area contributed by atoms with Gasteiger partial charge in [0.2, 0.25) is 0 Å². The van der Waals surface area contributed by atoms with Crippen LogP contribution in [0.4, 0.5) is 0 Å². The Morgan fingerprint density at radius 3 is 2.10 bits per heavy atom. The van der Waals surface area contributed by atoms with Crippen LogP contribution in [-0.4, -0.2) is 46.3 Å². The van der Waals surface area contributed by atoms with Gasteiger partial charge in [0, 0.05) is 0 Å². The van der Waals surface area contributed by atoms with E-state index in [1.165, 1.54) is 0 Å². The first-order valence-electron chi connectivity index (χ1n) is 3.29. The van der Waals surface area contributed by atoms with Crippen molar-refractivity contribution >= 4 is 0 Å². The minimum absolute atomic E-state index is 0.247. The van der Waals surface area contributed by atoms with Crippen molar-refractivity contribution < 1.29 is 20.1 Å². The summed E-state index contributed by atoms with van der Waals surface area (Å²) in [6, 6.07) is 0. The Kier molecular flexibility index (Phi) is 2.25. The van der Waals surface area contributed by atoms with Gasteiger partial charge in [0.25, 0.3) is 0 Å². The van der Waals surface area contributed by atoms with Crippen LogP contribution < -0.4 is 0 Å². The molecule has 0 amide bonds. The number of aliphatic hydroxyl groups excluding tert-OH is 3. The van der Waals surface area contributed by atoms with Crippen molar-refractivity contribution in [1.29, 1.82) is 0 Å². The van der Waals surface area contributed by atoms with E-state index in [1.54, 1.807) is 6.92 Å². The Hall–Kier alpha value is -0.160. The van der Waals surface area contributed by atoms with E-state index >= 15 is 0 Å². The van der Waals surface area contributed by atoms with E-state index in [2.05, 4.69) is 0 Å². The molecular weight excluding hydrogens is 136 g/mol. The Labute approximate surface area is 59.1 Å². The molecule has 1 aliphatic rings. The summed E-state index contributed by atoms with van der Waals surface area (Å²) in [5.74, 6) is 0. The van der Waals surface area contributed by atoms with Gasteiger partial charge in [0.15, 0.2) is 0 Å². The Balaban J connectivity index is 2.53. The monoisotopic (exact) mass is 148 g/mol. The average Bonchev–Trinajstić information content (AvgIpc) is 2.17. The van der Waals surface area contributed by atoms with Crippen molar-refractivity contribution in [2.24, 2.45) is 0 Å². The Morgan fingerprint density at radius 1 is 1.30 bits per heavy atom. The number of ether oxygens (including phenoxy) is 1. The lowest BCUT2D eigenvalue weighted by Crippen LogP contribution is -2.33. The van der Waals surface area contributed by atoms with Gasteiger partial charge < -0.3 is 20.1 Å². The summed E-state index contributed by atoms with van der Waals surface area (Å²) in [5.41, 5.74) is 0. The van der Waals surface area contributed by atoms with Crippen molar-refractivity contribution in [1.82, 2.24) is 0 Å². The van der Waals surface area contributed by atoms with Crippen LogP contribution in [0.1, 0.15) is 6.92 Å². The third-order valence-electron chi connectivity index (χ3n) is 1.78. The maximum Gasteiger partial charge on any atom is 0.111 e. The molecule has 0 aromatic carbocycles. The number of rotatable bonds is 1. The fourth-order valence-corrected chi connectivity index (χ4v) is 1.09. The Morgan fingerprint density at radius 2 is 1.90 bits per heavy atom. The molecule has 3 N–H and O–H groups in total. The van der Waals surface area contributed by atoms with Gasteiger partial charge in [-0.25, -0.2) is 0 Å². The van der Waals surface area contributed by atoms with E-state index in [4.69, 9.17) is 20.1 Å². The number of hydrogen-bond acceptors (Lipinski definition) is 4. The highest BCUT2D eigenvalue weighted by Crippen LogP contribution is 2.19. The molecular formula is C6H12O4. The third-order valence-corrected chi connectivity index (χ3v) is 1.78. The summed E-state index contributed by atoms with van der Waals surface area (Å²) in [5, 5.41) is 26.8. The van der Waals surface area contributed by atoms with E-state index in [0.29, 0.717) is 0 Å². The zero-order chi connectivity index (χ0) is 7.72. The third kappa shape index (κ3) is 1.15. The van der Waals surface area contributed by atoms with Gasteiger partial charge >= 0.3 is 0 Å². The minimum Gasteiger partial charge on any atom is -0.394 e. The van der Waals surface area contributed by atoms with E-state index in [0.717, 1.165) is 0 Å². The van der Waals surface area contributed by atoms with E-state index < -0.39 is 18.3 Å². The topological polar surface area (TPSA) is 69.9 Å². The smallest absolute Gasteiger partial charge is 0.111 e. The molecule has 0 bridgehead atoms. The lowest BCUT2D eigenvalue weighted by molar-refractivity contribution is -0.0171. The number of hydrogen-bond donors (Lipinski definition) is 3. The van der Waals surface area contributed by atoms with Crippen LogP contribution in [-0.2, 0) is 4.74 Å². The van der Waals surface area contributed by atoms with Crippen LogP contribution in [0.3, 0.4) is 0 Å². The zero-order valence-electron chi connectivity index (χ0n) is 5.77. The molecule has 1 saturated heterocycles. The normalized spacial score (nSPS) is 48.0. The van der Waals surface area contributed by atoms with Crippen LogP contribution >= 0.6 is 0 Å². The van der Waals surface area contributed by atoms with Gasteiger partial charge in [-0.05, 0) is 6.92 Å². The van der Waals surface area contributed by atoms with Crippen molar-refractivity contribution in [3.63, 3.8) is 0 Å². The van der Waals surface area contributed by atoms with Crippen molar-refractivity contribution in [2.75, 3.05) is 6.61 Å². The maximum absolute atomic E-state index is 9.09. The molecule has 0 aromatic rings. The molecule has 2 unspecified atom stereocenters. The summed E-state index contributed by atoms with van der Waals surface area (Å²) < 4.78 is 4.98. The predicted molar refractivity (Wildman–Crippen MR) is 33.4 cm³/mol. The molecule has 4 heteroatoms. The van der Waals surface area contributed by atoms with Crippen molar-refractivity contribution in [3.8, 4) is 0 Å². The fourth-order valence-electron chi connectivity index (χ4n) is 1.09. The van der Waals surface area contributed by atoms with Gasteiger partial charge in [-0.3, -0.25) is 0 Å². The molecule has 4 nitrogen and oxygen atoms in total. The highest BCUT2D eigenvalue weighted by Gasteiger charge is 2.39. The molecule has 0 spiro atoms. The van der Waals surface area contributed by atoms with Crippen LogP contribution in [0.5, 0.6) is 0 Å². The summed E-state index contributed by atoms with van der Waals surface area (Å²) in [7, 11) is 0. The van der Waals surface area contributed by atoms with Crippen LogP contribution in [0.15, 0.2) is 0 Å². The first-order chi connectivity index (χ1) is 4.66. The summed E-state index contributed by atoms with van der Waals surface area (Å²) in [6.07, 6.45) is -2.81. The Bertz CT molecular complexity index is 116. The second kappa shape index (κ2) is 2.84. The van der Waals surface area contributed by atoms with Crippen molar-refractivity contribution in [3.05, 3.63) is 0 Å². The molecule has 0 radical (unpaired) electrons. The lowest BCUT2D eigenvalue weighted by atomic mass is 10.1. The van der Waals surface area contributed by atoms with E-state index in [9.17, 15) is 0 Å². The second-order valence-electron chi connectivity index (χ2n) is 2.54. The van der Waals surface area contributed by atoms with E-state index in [1.807, 2.05) is 0 Å². The maximum atomic E-state index is 9.09. The SMILES string of the molecule is C[C@@H]1O[C@@H](CO)C(O)C1O. The summed E-state index contributed by atoms with van der Waals surface area (Å²) in [4.78, 5) is 0. The van der Waals surface area contributed by atoms with Crippen molar-refractivity contribution in [2.45, 2.75) is 31.3 Å². The predicted octanol–water partition coefficient (Wildman–Crippen LogP) is -1.51. The second-order valence-corrected chi connectivity index (χ2v) is 2.54. The summed E-state index contributed by atoms with van der Waals surface area (Å²) in [6.45, 7) is 1.41.